The summed E-state index contributed by atoms with van der Waals surface area (Å²) in [5.41, 5.74) is 0. The number of rotatable bonds is 28. The topological polar surface area (TPSA) is 66.8 Å². The van der Waals surface area contributed by atoms with Gasteiger partial charge in [-0.1, -0.05) is 78.1 Å². The first-order chi connectivity index (χ1) is 17.2. The lowest BCUT2D eigenvalue weighted by Gasteiger charge is -2.22. The monoisotopic (exact) mass is 497 g/mol. The summed E-state index contributed by atoms with van der Waals surface area (Å²) < 4.78 is 5.72. The van der Waals surface area contributed by atoms with Crippen molar-refractivity contribution in [2.24, 2.45) is 5.92 Å². The van der Waals surface area contributed by atoms with E-state index in [1.807, 2.05) is 0 Å². The Labute approximate surface area is 217 Å². The third kappa shape index (κ3) is 24.5. The van der Waals surface area contributed by atoms with Gasteiger partial charge in [-0.3, -0.25) is 4.79 Å². The second kappa shape index (κ2) is 27.6. The Hall–Kier alpha value is -0.940. The van der Waals surface area contributed by atoms with Crippen LogP contribution < -0.4 is 0 Å². The molecule has 0 aliphatic rings. The van der Waals surface area contributed by atoms with Gasteiger partial charge < -0.3 is 19.5 Å². The van der Waals surface area contributed by atoms with Crippen LogP contribution in [0.1, 0.15) is 142 Å². The van der Waals surface area contributed by atoms with Crippen LogP contribution in [0.5, 0.6) is 0 Å². The van der Waals surface area contributed by atoms with E-state index in [4.69, 9.17) is 9.84 Å². The molecule has 1 N–H and O–H groups in total. The Morgan fingerprint density at radius 2 is 1.29 bits per heavy atom. The van der Waals surface area contributed by atoms with Gasteiger partial charge in [0.05, 0.1) is 6.61 Å². The second-order valence-corrected chi connectivity index (χ2v) is 10.3. The number of hydrogen-bond donors (Lipinski definition) is 1. The summed E-state index contributed by atoms with van der Waals surface area (Å²) in [5, 5.41) is 9.04. The second-order valence-electron chi connectivity index (χ2n) is 10.3. The maximum Gasteiger partial charge on any atom is 0.305 e. The molecule has 35 heavy (non-hydrogen) atoms. The number of carbonyl (C=O) groups excluding carboxylic acids is 2. The highest BCUT2D eigenvalue weighted by Crippen LogP contribution is 2.20. The number of aliphatic hydroxyl groups is 1. The Morgan fingerprint density at radius 3 is 1.89 bits per heavy atom. The molecule has 0 aromatic rings. The zero-order valence-corrected chi connectivity index (χ0v) is 23.5. The molecule has 0 radical (unpaired) electrons. The van der Waals surface area contributed by atoms with Crippen LogP contribution in [0.15, 0.2) is 0 Å². The summed E-state index contributed by atoms with van der Waals surface area (Å²) >= 11 is 0. The number of aliphatic hydroxyl groups excluding tert-OH is 1. The number of carbonyl (C=O) groups is 2. The van der Waals surface area contributed by atoms with E-state index in [1.54, 1.807) is 0 Å². The van der Waals surface area contributed by atoms with E-state index in [0.29, 0.717) is 25.4 Å². The average molecular weight is 498 g/mol. The number of esters is 1. The molecule has 0 aromatic carbocycles. The highest BCUT2D eigenvalue weighted by molar-refractivity contribution is 5.69. The largest absolute Gasteiger partial charge is 0.465 e. The maximum absolute atomic E-state index is 12.4. The van der Waals surface area contributed by atoms with Crippen molar-refractivity contribution in [2.75, 3.05) is 32.8 Å². The van der Waals surface area contributed by atoms with Crippen LogP contribution in [0.2, 0.25) is 0 Å². The molecular weight excluding hydrogens is 438 g/mol. The van der Waals surface area contributed by atoms with Gasteiger partial charge in [-0.15, -0.1) is 0 Å². The van der Waals surface area contributed by atoms with Gasteiger partial charge in [0.15, 0.2) is 0 Å². The maximum atomic E-state index is 12.4. The van der Waals surface area contributed by atoms with E-state index in [0.717, 1.165) is 64.4 Å². The van der Waals surface area contributed by atoms with Crippen molar-refractivity contribution in [2.45, 2.75) is 142 Å². The fraction of sp³-hybridized carbons (Fsp3) is 0.933. The minimum atomic E-state index is -0.0377. The SMILES string of the molecule is CCCCCCCCC(CCCCCC)COC(=O)CCCCN(CCCCO)CCCCC=O. The molecule has 0 bridgehead atoms. The Kier molecular flexibility index (Phi) is 26.9. The third-order valence-corrected chi connectivity index (χ3v) is 6.95. The first-order valence-electron chi connectivity index (χ1n) is 15.1. The van der Waals surface area contributed by atoms with Gasteiger partial charge in [-0.2, -0.15) is 0 Å². The fourth-order valence-corrected chi connectivity index (χ4v) is 4.62. The van der Waals surface area contributed by atoms with Gasteiger partial charge >= 0.3 is 5.97 Å². The summed E-state index contributed by atoms with van der Waals surface area (Å²) in [6.07, 6.45) is 23.2. The molecule has 0 rings (SSSR count). The Morgan fingerprint density at radius 1 is 0.743 bits per heavy atom. The van der Waals surface area contributed by atoms with Crippen molar-refractivity contribution in [1.82, 2.24) is 4.90 Å². The molecule has 0 saturated heterocycles. The zero-order chi connectivity index (χ0) is 25.8. The van der Waals surface area contributed by atoms with Gasteiger partial charge in [0.25, 0.3) is 0 Å². The molecule has 208 valence electrons. The lowest BCUT2D eigenvalue weighted by atomic mass is 9.95. The average Bonchev–Trinajstić information content (AvgIpc) is 2.86. The smallest absolute Gasteiger partial charge is 0.305 e. The number of hydrogen-bond acceptors (Lipinski definition) is 5. The van der Waals surface area contributed by atoms with Crippen LogP contribution in [0.25, 0.3) is 0 Å². The van der Waals surface area contributed by atoms with E-state index >= 15 is 0 Å². The number of nitrogens with zero attached hydrogens (tertiary/aromatic N) is 1. The molecule has 0 aliphatic heterocycles. The molecule has 0 spiro atoms. The molecule has 0 fully saturated rings. The number of aldehydes is 1. The predicted molar refractivity (Wildman–Crippen MR) is 148 cm³/mol. The van der Waals surface area contributed by atoms with E-state index < -0.39 is 0 Å². The molecule has 1 unspecified atom stereocenters. The van der Waals surface area contributed by atoms with E-state index in [-0.39, 0.29) is 12.6 Å². The fourth-order valence-electron chi connectivity index (χ4n) is 4.62. The van der Waals surface area contributed by atoms with Crippen LogP contribution in [-0.4, -0.2) is 55.1 Å². The van der Waals surface area contributed by atoms with Gasteiger partial charge in [-0.05, 0) is 76.9 Å². The molecule has 0 aliphatic carbocycles. The quantitative estimate of drug-likeness (QED) is 0.0689. The standard InChI is InChI=1S/C30H59NO4/c1-3-5-7-9-10-13-21-29(20-12-8-6-4-2)28-35-30(34)22-14-16-24-31(25-17-19-27-33)23-15-11-18-26-32/h26,29,33H,3-25,27-28H2,1-2H3. The lowest BCUT2D eigenvalue weighted by molar-refractivity contribution is -0.145. The summed E-state index contributed by atoms with van der Waals surface area (Å²) in [7, 11) is 0. The van der Waals surface area contributed by atoms with E-state index in [1.165, 1.54) is 77.0 Å². The van der Waals surface area contributed by atoms with Crippen LogP contribution in [0, 0.1) is 5.92 Å². The minimum Gasteiger partial charge on any atom is -0.465 e. The van der Waals surface area contributed by atoms with Crippen molar-refractivity contribution in [1.29, 1.82) is 0 Å². The molecule has 0 saturated carbocycles. The van der Waals surface area contributed by atoms with Gasteiger partial charge in [0.2, 0.25) is 0 Å². The van der Waals surface area contributed by atoms with Crippen molar-refractivity contribution in [3.63, 3.8) is 0 Å². The summed E-state index contributed by atoms with van der Waals surface area (Å²) in [5.74, 6) is 0.486. The Bertz CT molecular complexity index is 458. The molecule has 0 heterocycles. The van der Waals surface area contributed by atoms with Crippen LogP contribution in [0.4, 0.5) is 0 Å². The zero-order valence-electron chi connectivity index (χ0n) is 23.5. The summed E-state index contributed by atoms with van der Waals surface area (Å²) in [4.78, 5) is 25.3. The number of unbranched alkanes of at least 4 members (excludes halogenated alkanes) is 12. The molecule has 0 aromatic heterocycles. The predicted octanol–water partition coefficient (Wildman–Crippen LogP) is 7.48. The lowest BCUT2D eigenvalue weighted by Crippen LogP contribution is -2.27. The molecule has 5 heteroatoms. The first kappa shape index (κ1) is 34.1. The molecular formula is C30H59NO4. The van der Waals surface area contributed by atoms with Crippen molar-refractivity contribution in [3.8, 4) is 0 Å². The van der Waals surface area contributed by atoms with E-state index in [2.05, 4.69) is 18.7 Å². The third-order valence-electron chi connectivity index (χ3n) is 6.95. The normalized spacial score (nSPS) is 12.2. The molecule has 5 nitrogen and oxygen atoms in total. The van der Waals surface area contributed by atoms with Crippen LogP contribution in [-0.2, 0) is 14.3 Å². The summed E-state index contributed by atoms with van der Waals surface area (Å²) in [6.45, 7) is 8.28. The number of ether oxygens (including phenoxy) is 1. The van der Waals surface area contributed by atoms with Gasteiger partial charge in [-0.25, -0.2) is 0 Å². The van der Waals surface area contributed by atoms with Crippen LogP contribution >= 0.6 is 0 Å². The van der Waals surface area contributed by atoms with Crippen molar-refractivity contribution in [3.05, 3.63) is 0 Å². The van der Waals surface area contributed by atoms with Gasteiger partial charge in [0, 0.05) is 19.4 Å². The minimum absolute atomic E-state index is 0.0377. The van der Waals surface area contributed by atoms with Gasteiger partial charge in [0.1, 0.15) is 6.29 Å². The van der Waals surface area contributed by atoms with Crippen LogP contribution in [0.3, 0.4) is 0 Å². The Balaban J connectivity index is 4.19. The molecule has 0 amide bonds. The highest BCUT2D eigenvalue weighted by Gasteiger charge is 2.13. The highest BCUT2D eigenvalue weighted by atomic mass is 16.5. The first-order valence-corrected chi connectivity index (χ1v) is 15.1. The summed E-state index contributed by atoms with van der Waals surface area (Å²) in [6, 6.07) is 0. The van der Waals surface area contributed by atoms with E-state index in [9.17, 15) is 9.59 Å². The molecule has 1 atom stereocenters. The van der Waals surface area contributed by atoms with Crippen molar-refractivity contribution >= 4 is 12.3 Å². The van der Waals surface area contributed by atoms with Crippen molar-refractivity contribution < 1.29 is 19.4 Å².